The van der Waals surface area contributed by atoms with Crippen LogP contribution in [0.1, 0.15) is 70.3 Å². The minimum Gasteiger partial charge on any atom is -0.484 e. The predicted octanol–water partition coefficient (Wildman–Crippen LogP) is 5.03. The average Bonchev–Trinajstić information content (AvgIpc) is 2.97. The first-order chi connectivity index (χ1) is 19.7. The van der Waals surface area contributed by atoms with Gasteiger partial charge in [-0.3, -0.25) is 4.79 Å². The van der Waals surface area contributed by atoms with Crippen LogP contribution in [0, 0.1) is 6.92 Å². The molecule has 2 heterocycles. The number of nitrogens with one attached hydrogen (secondary N) is 1. The van der Waals surface area contributed by atoms with Crippen LogP contribution in [0.5, 0.6) is 5.75 Å². The van der Waals surface area contributed by atoms with E-state index in [1.807, 2.05) is 26.8 Å². The molecule has 0 bridgehead atoms. The molecule has 1 aliphatic heterocycles. The van der Waals surface area contributed by atoms with E-state index < -0.39 is 46.8 Å². The monoisotopic (exact) mass is 581 g/mol. The van der Waals surface area contributed by atoms with Gasteiger partial charge in [-0.2, -0.15) is 0 Å². The van der Waals surface area contributed by atoms with E-state index in [1.54, 1.807) is 70.2 Å². The Morgan fingerprint density at radius 3 is 2.31 bits per heavy atom. The van der Waals surface area contributed by atoms with Crippen LogP contribution < -0.4 is 15.7 Å². The molecule has 3 aromatic rings. The van der Waals surface area contributed by atoms with Crippen LogP contribution in [0.15, 0.2) is 57.7 Å². The normalized spacial score (nSPS) is 24.9. The van der Waals surface area contributed by atoms with Crippen molar-refractivity contribution in [1.82, 2.24) is 0 Å². The lowest BCUT2D eigenvalue weighted by atomic mass is 9.80. The Bertz CT molecular complexity index is 1480. The molecular weight excluding hydrogens is 538 g/mol. The molecule has 42 heavy (non-hydrogen) atoms. The number of aryl methyl sites for hydroxylation is 1. The maximum Gasteiger partial charge on any atom is 0.359 e. The highest BCUT2D eigenvalue weighted by atomic mass is 16.6. The molecule has 9 heteroatoms. The number of aliphatic hydroxyl groups excluding tert-OH is 2. The van der Waals surface area contributed by atoms with Crippen molar-refractivity contribution in [2.45, 2.75) is 102 Å². The number of aliphatic hydroxyl groups is 2. The highest BCUT2D eigenvalue weighted by Gasteiger charge is 2.55. The Morgan fingerprint density at radius 2 is 1.71 bits per heavy atom. The Morgan fingerprint density at radius 1 is 1.05 bits per heavy atom. The molecule has 0 radical (unpaired) electrons. The van der Waals surface area contributed by atoms with Gasteiger partial charge in [-0.1, -0.05) is 44.2 Å². The third kappa shape index (κ3) is 5.71. The summed E-state index contributed by atoms with van der Waals surface area (Å²) in [6.07, 6.45) is -3.13. The molecule has 3 unspecified atom stereocenters. The average molecular weight is 582 g/mol. The van der Waals surface area contributed by atoms with Gasteiger partial charge in [-0.15, -0.1) is 0 Å². The van der Waals surface area contributed by atoms with Crippen molar-refractivity contribution in [2.75, 3.05) is 12.4 Å². The lowest BCUT2D eigenvalue weighted by Gasteiger charge is -2.52. The van der Waals surface area contributed by atoms with Gasteiger partial charge in [0.1, 0.15) is 47.0 Å². The zero-order valence-corrected chi connectivity index (χ0v) is 25.7. The molecule has 1 aromatic heterocycles. The quantitative estimate of drug-likeness (QED) is 0.223. The van der Waals surface area contributed by atoms with Crippen molar-refractivity contribution in [2.24, 2.45) is 0 Å². The molecular formula is C33H43NO8. The number of hydrogen-bond donors (Lipinski definition) is 3. The maximum absolute atomic E-state index is 13.3. The number of carbonyl (C=O) groups is 1. The minimum atomic E-state index is -1.26. The van der Waals surface area contributed by atoms with E-state index in [4.69, 9.17) is 18.6 Å². The third-order valence-corrected chi connectivity index (χ3v) is 8.74. The number of ketones is 1. The van der Waals surface area contributed by atoms with Crippen LogP contribution in [0.25, 0.3) is 11.0 Å². The fraction of sp³-hybridized carbons (Fsp3) is 0.515. The fourth-order valence-electron chi connectivity index (χ4n) is 5.74. The Balaban J connectivity index is 1.65. The molecule has 9 nitrogen and oxygen atoms in total. The zero-order valence-electron chi connectivity index (χ0n) is 25.7. The second kappa shape index (κ2) is 11.8. The van der Waals surface area contributed by atoms with E-state index in [0.29, 0.717) is 40.7 Å². The maximum atomic E-state index is 13.3. The molecule has 6 atom stereocenters. The smallest absolute Gasteiger partial charge is 0.359 e. The summed E-state index contributed by atoms with van der Waals surface area (Å²) in [4.78, 5) is 26.5. The summed E-state index contributed by atoms with van der Waals surface area (Å²) >= 11 is 0. The largest absolute Gasteiger partial charge is 0.484 e. The van der Waals surface area contributed by atoms with Gasteiger partial charge < -0.3 is 34.2 Å². The van der Waals surface area contributed by atoms with Crippen molar-refractivity contribution in [3.8, 4) is 5.75 Å². The zero-order chi connectivity index (χ0) is 31.0. The number of rotatable bonds is 10. The number of hydrogen-bond acceptors (Lipinski definition) is 9. The van der Waals surface area contributed by atoms with Crippen LogP contribution in [0.4, 0.5) is 5.69 Å². The van der Waals surface area contributed by atoms with Crippen molar-refractivity contribution in [3.05, 3.63) is 70.1 Å². The Hall–Kier alpha value is -3.24. The van der Waals surface area contributed by atoms with Crippen LogP contribution in [-0.4, -0.2) is 64.3 Å². The van der Waals surface area contributed by atoms with Crippen LogP contribution in [0.2, 0.25) is 0 Å². The lowest BCUT2D eigenvalue weighted by molar-refractivity contribution is -0.291. The van der Waals surface area contributed by atoms with Gasteiger partial charge in [0.25, 0.3) is 0 Å². The molecule has 0 amide bonds. The van der Waals surface area contributed by atoms with Crippen LogP contribution >= 0.6 is 0 Å². The SMILES string of the molecule is CCC(C)(Nc1cc2ccc(OC(C)(CC)[C@H]3OC(C)(C)[C@H](OC)[C@@H](O)C3O)c(C)c2oc1=O)C(=O)c1ccccc1. The molecule has 228 valence electrons. The molecule has 3 N–H and O–H groups in total. The number of Topliss-reactive ketones (excluding diaryl/α,β-unsaturated/α-hetero) is 1. The number of carbonyl (C=O) groups excluding carboxylic acids is 1. The topological polar surface area (TPSA) is 127 Å². The van der Waals surface area contributed by atoms with E-state index in [0.717, 1.165) is 0 Å². The fourth-order valence-corrected chi connectivity index (χ4v) is 5.74. The summed E-state index contributed by atoms with van der Waals surface area (Å²) in [5, 5.41) is 25.7. The molecule has 1 aliphatic rings. The van der Waals surface area contributed by atoms with Gasteiger partial charge in [0.15, 0.2) is 5.78 Å². The summed E-state index contributed by atoms with van der Waals surface area (Å²) in [5.74, 6) is 0.325. The summed E-state index contributed by atoms with van der Waals surface area (Å²) in [6, 6.07) is 14.2. The molecule has 1 fully saturated rings. The first-order valence-electron chi connectivity index (χ1n) is 14.4. The minimum absolute atomic E-state index is 0.124. The van der Waals surface area contributed by atoms with E-state index >= 15 is 0 Å². The lowest BCUT2D eigenvalue weighted by Crippen LogP contribution is -2.68. The van der Waals surface area contributed by atoms with E-state index in [9.17, 15) is 19.8 Å². The third-order valence-electron chi connectivity index (χ3n) is 8.74. The Labute approximate surface area is 246 Å². The summed E-state index contributed by atoms with van der Waals surface area (Å²) in [6.45, 7) is 12.8. The van der Waals surface area contributed by atoms with Crippen molar-refractivity contribution in [1.29, 1.82) is 0 Å². The summed E-state index contributed by atoms with van der Waals surface area (Å²) in [5.41, 5.74) is -1.89. The number of fused-ring (bicyclic) bond motifs is 1. The molecule has 2 aromatic carbocycles. The standard InChI is InChI=1S/C33H43NO8/c1-9-32(6,27(37)20-14-12-11-13-15-20)34-22-18-21-16-17-23(19(3)26(21)40-30(22)38)41-33(7,10-2)29-25(36)24(35)28(39-8)31(4,5)42-29/h11-18,24-25,28-29,34-36H,9-10H2,1-8H3/t24-,25?,28+,29-,32?,33?/m0/s1. The summed E-state index contributed by atoms with van der Waals surface area (Å²) < 4.78 is 24.0. The van der Waals surface area contributed by atoms with Crippen molar-refractivity contribution >= 4 is 22.4 Å². The van der Waals surface area contributed by atoms with Crippen molar-refractivity contribution in [3.63, 3.8) is 0 Å². The van der Waals surface area contributed by atoms with E-state index in [1.165, 1.54) is 7.11 Å². The molecule has 0 saturated carbocycles. The van der Waals surface area contributed by atoms with Crippen molar-refractivity contribution < 1.29 is 33.6 Å². The summed E-state index contributed by atoms with van der Waals surface area (Å²) in [7, 11) is 1.47. The van der Waals surface area contributed by atoms with Gasteiger partial charge in [0.2, 0.25) is 0 Å². The highest BCUT2D eigenvalue weighted by Crippen LogP contribution is 2.40. The molecule has 1 saturated heterocycles. The van der Waals surface area contributed by atoms with E-state index in [2.05, 4.69) is 5.32 Å². The molecule has 0 spiro atoms. The van der Waals surface area contributed by atoms with Gasteiger partial charge in [0, 0.05) is 23.6 Å². The van der Waals surface area contributed by atoms with Gasteiger partial charge >= 0.3 is 5.63 Å². The Kier molecular flexibility index (Phi) is 8.90. The number of methoxy groups -OCH3 is 1. The van der Waals surface area contributed by atoms with Gasteiger partial charge in [-0.25, -0.2) is 4.79 Å². The number of benzene rings is 2. The predicted molar refractivity (Wildman–Crippen MR) is 161 cm³/mol. The number of anilines is 1. The van der Waals surface area contributed by atoms with Gasteiger partial charge in [0.05, 0.1) is 11.1 Å². The van der Waals surface area contributed by atoms with Gasteiger partial charge in [-0.05, 0) is 65.7 Å². The second-order valence-corrected chi connectivity index (χ2v) is 12.1. The van der Waals surface area contributed by atoms with Crippen LogP contribution in [0.3, 0.4) is 0 Å². The van der Waals surface area contributed by atoms with E-state index in [-0.39, 0.29) is 11.5 Å². The second-order valence-electron chi connectivity index (χ2n) is 12.1. The number of ether oxygens (including phenoxy) is 3. The molecule has 4 rings (SSSR count). The van der Waals surface area contributed by atoms with Crippen LogP contribution in [-0.2, 0) is 9.47 Å². The molecule has 0 aliphatic carbocycles. The first kappa shape index (κ1) is 31.7. The highest BCUT2D eigenvalue weighted by molar-refractivity contribution is 6.04. The first-order valence-corrected chi connectivity index (χ1v) is 14.4.